The van der Waals surface area contributed by atoms with Crippen LogP contribution >= 0.6 is 12.2 Å². The van der Waals surface area contributed by atoms with Gasteiger partial charge in [0.05, 0.1) is 35.4 Å². The van der Waals surface area contributed by atoms with Crippen molar-refractivity contribution in [1.82, 2.24) is 15.2 Å². The molecule has 2 aromatic heterocycles. The van der Waals surface area contributed by atoms with E-state index in [-0.39, 0.29) is 17.8 Å². The van der Waals surface area contributed by atoms with Crippen LogP contribution in [0.15, 0.2) is 59.1 Å². The van der Waals surface area contributed by atoms with E-state index >= 15 is 0 Å². The number of furan rings is 1. The van der Waals surface area contributed by atoms with Gasteiger partial charge in [-0.05, 0) is 55.4 Å². The van der Waals surface area contributed by atoms with Gasteiger partial charge in [0.1, 0.15) is 23.3 Å². The summed E-state index contributed by atoms with van der Waals surface area (Å²) in [6.07, 6.45) is 6.35. The number of pyridine rings is 1. The van der Waals surface area contributed by atoms with Crippen LogP contribution in [0.1, 0.15) is 49.2 Å². The average Bonchev–Trinajstić information content (AvgIpc) is 3.58. The second kappa shape index (κ2) is 8.82. The maximum Gasteiger partial charge on any atom is 0.273 e. The molecule has 1 aromatic carbocycles. The Morgan fingerprint density at radius 1 is 1.21 bits per heavy atom. The molecule has 0 bridgehead atoms. The first kappa shape index (κ1) is 21.4. The van der Waals surface area contributed by atoms with Crippen molar-refractivity contribution in [1.29, 1.82) is 0 Å². The zero-order valence-corrected chi connectivity index (χ0v) is 19.0. The van der Waals surface area contributed by atoms with Crippen LogP contribution in [0.3, 0.4) is 0 Å². The van der Waals surface area contributed by atoms with Crippen LogP contribution in [0.25, 0.3) is 11.3 Å². The highest BCUT2D eigenvalue weighted by molar-refractivity contribution is 7.80. The van der Waals surface area contributed by atoms with E-state index in [1.54, 1.807) is 12.3 Å². The highest BCUT2D eigenvalue weighted by atomic mass is 32.1. The lowest BCUT2D eigenvalue weighted by Gasteiger charge is -2.31. The van der Waals surface area contributed by atoms with E-state index in [9.17, 15) is 10.1 Å². The van der Waals surface area contributed by atoms with Gasteiger partial charge >= 0.3 is 0 Å². The number of nitrogens with one attached hydrogen (secondary N) is 1. The minimum Gasteiger partial charge on any atom is -0.496 e. The maximum atomic E-state index is 11.2. The second-order valence-corrected chi connectivity index (χ2v) is 8.70. The lowest BCUT2D eigenvalue weighted by Crippen LogP contribution is -2.37. The third kappa shape index (κ3) is 3.93. The molecular weight excluding hydrogens is 440 g/mol. The summed E-state index contributed by atoms with van der Waals surface area (Å²) >= 11 is 5.77. The van der Waals surface area contributed by atoms with Gasteiger partial charge in [0.15, 0.2) is 5.11 Å². The van der Waals surface area contributed by atoms with E-state index < -0.39 is 4.92 Å². The molecule has 2 aliphatic rings. The molecule has 1 N–H and O–H groups in total. The van der Waals surface area contributed by atoms with Gasteiger partial charge in [-0.15, -0.1) is 0 Å². The normalized spacial score (nSPS) is 20.8. The smallest absolute Gasteiger partial charge is 0.273 e. The monoisotopic (exact) mass is 464 g/mol. The molecule has 2 atom stereocenters. The fraction of sp³-hybridized carbons (Fsp3) is 0.333. The van der Waals surface area contributed by atoms with E-state index in [1.807, 2.05) is 30.3 Å². The first-order valence-electron chi connectivity index (χ1n) is 11.0. The predicted octanol–water partition coefficient (Wildman–Crippen LogP) is 5.17. The summed E-state index contributed by atoms with van der Waals surface area (Å²) in [6, 6.07) is 14.3. The summed E-state index contributed by atoms with van der Waals surface area (Å²) in [7, 11) is 1.49. The molecule has 1 aliphatic carbocycles. The SMILES string of the molecule is COc1cc([N+](=O)[O-])ccc1-c1ccc([C@@H]2[C@@H](c3ccccn3)NC(=S)N2C2CCCC2)o1. The van der Waals surface area contributed by atoms with E-state index in [0.29, 0.717) is 28.2 Å². The molecule has 0 unspecified atom stereocenters. The first-order chi connectivity index (χ1) is 16.1. The minimum absolute atomic E-state index is 0.0321. The molecule has 9 heteroatoms. The lowest BCUT2D eigenvalue weighted by atomic mass is 10.0. The topological polar surface area (TPSA) is 93.7 Å². The number of non-ortho nitro benzene ring substituents is 1. The highest BCUT2D eigenvalue weighted by Crippen LogP contribution is 2.44. The van der Waals surface area contributed by atoms with Gasteiger partial charge < -0.3 is 19.4 Å². The molecule has 0 radical (unpaired) electrons. The van der Waals surface area contributed by atoms with Gasteiger partial charge in [0.2, 0.25) is 0 Å². The zero-order valence-electron chi connectivity index (χ0n) is 18.1. The Morgan fingerprint density at radius 3 is 2.73 bits per heavy atom. The van der Waals surface area contributed by atoms with Gasteiger partial charge in [0.25, 0.3) is 5.69 Å². The Bertz CT molecular complexity index is 1180. The van der Waals surface area contributed by atoms with Crippen LogP contribution in [0.4, 0.5) is 5.69 Å². The molecule has 0 spiro atoms. The summed E-state index contributed by atoms with van der Waals surface area (Å²) in [5, 5.41) is 15.3. The molecule has 1 aliphatic heterocycles. The largest absolute Gasteiger partial charge is 0.496 e. The summed E-state index contributed by atoms with van der Waals surface area (Å²) in [4.78, 5) is 17.6. The quantitative estimate of drug-likeness (QED) is 0.303. The summed E-state index contributed by atoms with van der Waals surface area (Å²) < 4.78 is 11.8. The van der Waals surface area contributed by atoms with Crippen LogP contribution in [0.5, 0.6) is 5.75 Å². The standard InChI is InChI=1S/C24H24N4O4S/c1-31-21-14-16(28(29)30)9-10-17(21)19-11-12-20(32-19)23-22(18-8-4-5-13-25-18)26-24(33)27(23)15-6-2-3-7-15/h4-5,8-15,22-23H,2-3,6-7H2,1H3,(H,26,33)/t22-,23-/m1/s1. The Kier molecular flexibility index (Phi) is 5.72. The van der Waals surface area contributed by atoms with Crippen molar-refractivity contribution in [3.63, 3.8) is 0 Å². The van der Waals surface area contributed by atoms with Gasteiger partial charge in [-0.2, -0.15) is 0 Å². The minimum atomic E-state index is -0.443. The van der Waals surface area contributed by atoms with Crippen molar-refractivity contribution in [3.05, 3.63) is 76.3 Å². The van der Waals surface area contributed by atoms with Crippen LogP contribution in [0, 0.1) is 10.1 Å². The van der Waals surface area contributed by atoms with E-state index in [4.69, 9.17) is 21.4 Å². The molecule has 3 heterocycles. The third-order valence-electron chi connectivity index (χ3n) is 6.43. The van der Waals surface area contributed by atoms with Gasteiger partial charge in [-0.25, -0.2) is 0 Å². The van der Waals surface area contributed by atoms with Crippen molar-refractivity contribution in [3.8, 4) is 17.1 Å². The number of rotatable bonds is 6. The molecule has 170 valence electrons. The lowest BCUT2D eigenvalue weighted by molar-refractivity contribution is -0.384. The molecular formula is C24H24N4O4S. The summed E-state index contributed by atoms with van der Waals surface area (Å²) in [6.45, 7) is 0. The number of hydrogen-bond donors (Lipinski definition) is 1. The fourth-order valence-electron chi connectivity index (χ4n) is 4.90. The number of thiocarbonyl (C=S) groups is 1. The molecule has 1 saturated heterocycles. The van der Waals surface area contributed by atoms with Gasteiger partial charge in [0, 0.05) is 18.3 Å². The number of nitro groups is 1. The van der Waals surface area contributed by atoms with Crippen molar-refractivity contribution < 1.29 is 14.1 Å². The third-order valence-corrected chi connectivity index (χ3v) is 6.76. The molecule has 5 rings (SSSR count). The second-order valence-electron chi connectivity index (χ2n) is 8.32. The molecule has 33 heavy (non-hydrogen) atoms. The molecule has 8 nitrogen and oxygen atoms in total. The van der Waals surface area contributed by atoms with Crippen LogP contribution < -0.4 is 10.1 Å². The summed E-state index contributed by atoms with van der Waals surface area (Å²) in [5.41, 5.74) is 1.52. The number of nitrogens with zero attached hydrogens (tertiary/aromatic N) is 3. The highest BCUT2D eigenvalue weighted by Gasteiger charge is 2.45. The van der Waals surface area contributed by atoms with Crippen molar-refractivity contribution in [2.45, 2.75) is 43.8 Å². The molecule has 0 amide bonds. The number of aromatic nitrogens is 1. The maximum absolute atomic E-state index is 11.2. The van der Waals surface area contributed by atoms with E-state index in [1.165, 1.54) is 32.1 Å². The van der Waals surface area contributed by atoms with Crippen molar-refractivity contribution in [2.24, 2.45) is 0 Å². The van der Waals surface area contributed by atoms with Crippen LogP contribution in [0.2, 0.25) is 0 Å². The van der Waals surface area contributed by atoms with Crippen LogP contribution in [-0.2, 0) is 0 Å². The molecule has 1 saturated carbocycles. The van der Waals surface area contributed by atoms with E-state index in [0.717, 1.165) is 24.3 Å². The molecule has 2 fully saturated rings. The number of benzene rings is 1. The number of methoxy groups -OCH3 is 1. The number of nitro benzene ring substituents is 1. The Morgan fingerprint density at radius 2 is 2.03 bits per heavy atom. The Hall–Kier alpha value is -3.46. The van der Waals surface area contributed by atoms with Crippen molar-refractivity contribution >= 4 is 23.0 Å². The average molecular weight is 465 g/mol. The number of hydrogen-bond acceptors (Lipinski definition) is 6. The van der Waals surface area contributed by atoms with Gasteiger partial charge in [-0.1, -0.05) is 18.9 Å². The first-order valence-corrected chi connectivity index (χ1v) is 11.4. The summed E-state index contributed by atoms with van der Waals surface area (Å²) in [5.74, 6) is 1.74. The fourth-order valence-corrected chi connectivity index (χ4v) is 5.29. The molecule has 3 aromatic rings. The van der Waals surface area contributed by atoms with Crippen molar-refractivity contribution in [2.75, 3.05) is 7.11 Å². The van der Waals surface area contributed by atoms with Gasteiger partial charge in [-0.3, -0.25) is 15.1 Å². The Balaban J connectivity index is 1.55. The van der Waals surface area contributed by atoms with Crippen LogP contribution in [-0.4, -0.2) is 33.1 Å². The Labute approximate surface area is 196 Å². The predicted molar refractivity (Wildman–Crippen MR) is 127 cm³/mol. The number of ether oxygens (including phenoxy) is 1. The van der Waals surface area contributed by atoms with E-state index in [2.05, 4.69) is 15.2 Å². The zero-order chi connectivity index (χ0) is 22.9.